The third kappa shape index (κ3) is 3.66. The van der Waals surface area contributed by atoms with Crippen molar-refractivity contribution in [1.29, 1.82) is 0 Å². The fraction of sp³-hybridized carbons (Fsp3) is 0.300. The van der Waals surface area contributed by atoms with E-state index in [1.165, 1.54) is 25.4 Å². The molecule has 0 aliphatic carbocycles. The van der Waals surface area contributed by atoms with E-state index in [9.17, 15) is 9.59 Å². The van der Waals surface area contributed by atoms with Crippen LogP contribution in [0.5, 0.6) is 0 Å². The molecule has 0 spiro atoms. The number of aromatic carboxylic acids is 1. The van der Waals surface area contributed by atoms with Crippen LogP contribution in [0.25, 0.3) is 0 Å². The number of carboxylic acid groups (broad SMARTS) is 1. The number of carbonyl (C=O) groups is 2. The molecule has 0 fully saturated rings. The first-order chi connectivity index (χ1) is 7.63. The summed E-state index contributed by atoms with van der Waals surface area (Å²) in [4.78, 5) is 25.8. The van der Waals surface area contributed by atoms with Crippen LogP contribution in [0, 0.1) is 0 Å². The van der Waals surface area contributed by atoms with Gasteiger partial charge in [-0.25, -0.2) is 9.78 Å². The van der Waals surface area contributed by atoms with E-state index in [1.807, 2.05) is 0 Å². The number of hydrogen-bond donors (Lipinski definition) is 2. The summed E-state index contributed by atoms with van der Waals surface area (Å²) in [5.41, 5.74) is 0.0806. The largest absolute Gasteiger partial charge is 0.478 e. The van der Waals surface area contributed by atoms with Crippen LogP contribution in [-0.2, 0) is 9.53 Å². The van der Waals surface area contributed by atoms with Crippen molar-refractivity contribution < 1.29 is 19.4 Å². The fourth-order valence-corrected chi connectivity index (χ4v) is 1.03. The molecule has 0 unspecified atom stereocenters. The SMILES string of the molecule is COCCC(=O)Nc1cc(C(=O)O)ccn1. The lowest BCUT2D eigenvalue weighted by Gasteiger charge is -2.04. The van der Waals surface area contributed by atoms with Gasteiger partial charge in [0.15, 0.2) is 0 Å². The highest BCUT2D eigenvalue weighted by Crippen LogP contribution is 2.06. The summed E-state index contributed by atoms with van der Waals surface area (Å²) >= 11 is 0. The number of carbonyl (C=O) groups excluding carboxylic acids is 1. The molecular formula is C10H12N2O4. The van der Waals surface area contributed by atoms with Gasteiger partial charge in [-0.2, -0.15) is 0 Å². The van der Waals surface area contributed by atoms with Crippen LogP contribution in [0.1, 0.15) is 16.8 Å². The Kier molecular flexibility index (Phi) is 4.41. The molecule has 1 heterocycles. The van der Waals surface area contributed by atoms with Gasteiger partial charge < -0.3 is 15.2 Å². The first-order valence-electron chi connectivity index (χ1n) is 4.61. The number of ether oxygens (including phenoxy) is 1. The molecule has 0 saturated heterocycles. The molecule has 0 radical (unpaired) electrons. The van der Waals surface area contributed by atoms with Gasteiger partial charge in [0, 0.05) is 13.3 Å². The van der Waals surface area contributed by atoms with Gasteiger partial charge in [-0.05, 0) is 12.1 Å². The predicted molar refractivity (Wildman–Crippen MR) is 56.3 cm³/mol. The van der Waals surface area contributed by atoms with Crippen molar-refractivity contribution in [1.82, 2.24) is 4.98 Å². The molecule has 6 nitrogen and oxygen atoms in total. The van der Waals surface area contributed by atoms with Gasteiger partial charge in [0.25, 0.3) is 0 Å². The van der Waals surface area contributed by atoms with Gasteiger partial charge in [-0.15, -0.1) is 0 Å². The summed E-state index contributed by atoms with van der Waals surface area (Å²) in [6.07, 6.45) is 1.53. The van der Waals surface area contributed by atoms with Crippen molar-refractivity contribution in [3.05, 3.63) is 23.9 Å². The van der Waals surface area contributed by atoms with Crippen molar-refractivity contribution in [2.24, 2.45) is 0 Å². The highest BCUT2D eigenvalue weighted by molar-refractivity contribution is 5.92. The number of anilines is 1. The molecule has 6 heteroatoms. The van der Waals surface area contributed by atoms with Crippen molar-refractivity contribution in [3.63, 3.8) is 0 Å². The molecule has 86 valence electrons. The van der Waals surface area contributed by atoms with Crippen molar-refractivity contribution in [3.8, 4) is 0 Å². The Morgan fingerprint density at radius 1 is 1.56 bits per heavy atom. The summed E-state index contributed by atoms with van der Waals surface area (Å²) in [6, 6.07) is 2.65. The number of nitrogens with zero attached hydrogens (tertiary/aromatic N) is 1. The van der Waals surface area contributed by atoms with Crippen LogP contribution in [0.4, 0.5) is 5.82 Å². The average Bonchev–Trinajstić information content (AvgIpc) is 2.26. The molecule has 1 amide bonds. The summed E-state index contributed by atoms with van der Waals surface area (Å²) in [5.74, 6) is -1.10. The summed E-state index contributed by atoms with van der Waals surface area (Å²) in [7, 11) is 1.50. The lowest BCUT2D eigenvalue weighted by atomic mass is 10.2. The van der Waals surface area contributed by atoms with Gasteiger partial charge in [0.05, 0.1) is 18.6 Å². The second-order valence-electron chi connectivity index (χ2n) is 3.03. The van der Waals surface area contributed by atoms with E-state index in [1.54, 1.807) is 0 Å². The minimum atomic E-state index is -1.06. The average molecular weight is 224 g/mol. The van der Waals surface area contributed by atoms with E-state index in [0.717, 1.165) is 0 Å². The second-order valence-corrected chi connectivity index (χ2v) is 3.03. The molecule has 0 aromatic carbocycles. The van der Waals surface area contributed by atoms with Crippen LogP contribution < -0.4 is 5.32 Å². The predicted octanol–water partition coefficient (Wildman–Crippen LogP) is 0.755. The number of amides is 1. The van der Waals surface area contributed by atoms with Gasteiger partial charge in [0.2, 0.25) is 5.91 Å². The smallest absolute Gasteiger partial charge is 0.335 e. The number of methoxy groups -OCH3 is 1. The molecule has 16 heavy (non-hydrogen) atoms. The Balaban J connectivity index is 2.63. The highest BCUT2D eigenvalue weighted by atomic mass is 16.5. The fourth-order valence-electron chi connectivity index (χ4n) is 1.03. The number of carboxylic acids is 1. The van der Waals surface area contributed by atoms with E-state index in [-0.39, 0.29) is 23.7 Å². The lowest BCUT2D eigenvalue weighted by molar-refractivity contribution is -0.117. The molecule has 1 aromatic rings. The molecule has 1 rings (SSSR count). The number of hydrogen-bond acceptors (Lipinski definition) is 4. The molecule has 0 bridgehead atoms. The maximum Gasteiger partial charge on any atom is 0.335 e. The Hall–Kier alpha value is -1.95. The molecule has 1 aromatic heterocycles. The standard InChI is InChI=1S/C10H12N2O4/c1-16-5-3-9(13)12-8-6-7(10(14)15)2-4-11-8/h2,4,6H,3,5H2,1H3,(H,14,15)(H,11,12,13). The third-order valence-electron chi connectivity index (χ3n) is 1.81. The van der Waals surface area contributed by atoms with Gasteiger partial charge in [0.1, 0.15) is 5.82 Å². The maximum atomic E-state index is 11.3. The molecular weight excluding hydrogens is 212 g/mol. The maximum absolute atomic E-state index is 11.3. The molecule has 0 aliphatic rings. The molecule has 0 aliphatic heterocycles. The Labute approximate surface area is 92.3 Å². The second kappa shape index (κ2) is 5.82. The van der Waals surface area contributed by atoms with Crippen LogP contribution in [0.3, 0.4) is 0 Å². The lowest BCUT2D eigenvalue weighted by Crippen LogP contribution is -2.15. The van der Waals surface area contributed by atoms with E-state index in [0.29, 0.717) is 6.61 Å². The monoisotopic (exact) mass is 224 g/mol. The topological polar surface area (TPSA) is 88.5 Å². The number of pyridine rings is 1. The zero-order valence-corrected chi connectivity index (χ0v) is 8.77. The van der Waals surface area contributed by atoms with Crippen molar-refractivity contribution in [2.75, 3.05) is 19.0 Å². The normalized spacial score (nSPS) is 9.81. The van der Waals surface area contributed by atoms with E-state index in [4.69, 9.17) is 9.84 Å². The number of aromatic nitrogens is 1. The summed E-state index contributed by atoms with van der Waals surface area (Å²) in [5, 5.41) is 11.2. The first kappa shape index (κ1) is 12.1. The van der Waals surface area contributed by atoms with Gasteiger partial charge in [-0.1, -0.05) is 0 Å². The quantitative estimate of drug-likeness (QED) is 0.770. The zero-order valence-electron chi connectivity index (χ0n) is 8.77. The van der Waals surface area contributed by atoms with Gasteiger partial charge in [-0.3, -0.25) is 4.79 Å². The molecule has 0 saturated carbocycles. The Morgan fingerprint density at radius 3 is 2.94 bits per heavy atom. The number of rotatable bonds is 5. The Bertz CT molecular complexity index is 392. The van der Waals surface area contributed by atoms with E-state index in [2.05, 4.69) is 10.3 Å². The van der Waals surface area contributed by atoms with E-state index >= 15 is 0 Å². The van der Waals surface area contributed by atoms with Crippen LogP contribution in [-0.4, -0.2) is 35.7 Å². The first-order valence-corrected chi connectivity index (χ1v) is 4.61. The highest BCUT2D eigenvalue weighted by Gasteiger charge is 2.06. The third-order valence-corrected chi connectivity index (χ3v) is 1.81. The Morgan fingerprint density at radius 2 is 2.31 bits per heavy atom. The van der Waals surface area contributed by atoms with Crippen molar-refractivity contribution in [2.45, 2.75) is 6.42 Å². The van der Waals surface area contributed by atoms with Crippen LogP contribution >= 0.6 is 0 Å². The van der Waals surface area contributed by atoms with Gasteiger partial charge >= 0.3 is 5.97 Å². The van der Waals surface area contributed by atoms with E-state index < -0.39 is 5.97 Å². The van der Waals surface area contributed by atoms with Crippen molar-refractivity contribution >= 4 is 17.7 Å². The van der Waals surface area contributed by atoms with Crippen LogP contribution in [0.2, 0.25) is 0 Å². The number of nitrogens with one attached hydrogen (secondary N) is 1. The minimum absolute atomic E-state index is 0.0806. The molecule has 0 atom stereocenters. The zero-order chi connectivity index (χ0) is 12.0. The summed E-state index contributed by atoms with van der Waals surface area (Å²) < 4.78 is 4.74. The summed E-state index contributed by atoms with van der Waals surface area (Å²) in [6.45, 7) is 0.310. The minimum Gasteiger partial charge on any atom is -0.478 e. The molecule has 2 N–H and O–H groups in total. The van der Waals surface area contributed by atoms with Crippen LogP contribution in [0.15, 0.2) is 18.3 Å².